The monoisotopic (exact) mass is 454 g/mol. The number of nitrogens with zero attached hydrogens (tertiary/aromatic N) is 1. The zero-order valence-corrected chi connectivity index (χ0v) is 18.7. The first-order chi connectivity index (χ1) is 15.4. The number of carbonyl (C=O) groups excluding carboxylic acids is 1. The van der Waals surface area contributed by atoms with Crippen LogP contribution in [0.2, 0.25) is 0 Å². The van der Waals surface area contributed by atoms with Gasteiger partial charge in [0.25, 0.3) is 0 Å². The molecule has 1 unspecified atom stereocenters. The molecule has 1 atom stereocenters. The summed E-state index contributed by atoms with van der Waals surface area (Å²) < 4.78 is 33.4. The molecule has 1 aliphatic rings. The van der Waals surface area contributed by atoms with Crippen LogP contribution in [0.5, 0.6) is 5.75 Å². The summed E-state index contributed by atoms with van der Waals surface area (Å²) in [6.45, 7) is 2.86. The number of fused-ring (bicyclic) bond motifs is 1. The van der Waals surface area contributed by atoms with Crippen LogP contribution in [0.25, 0.3) is 0 Å². The minimum Gasteiger partial charge on any atom is -0.497 e. The van der Waals surface area contributed by atoms with Crippen LogP contribution in [0.15, 0.2) is 65.6 Å². The molecule has 0 aromatic heterocycles. The van der Waals surface area contributed by atoms with Crippen LogP contribution in [0.4, 0.5) is 20.2 Å². The van der Waals surface area contributed by atoms with Gasteiger partial charge in [-0.25, -0.2) is 8.78 Å². The van der Waals surface area contributed by atoms with E-state index in [9.17, 15) is 13.6 Å². The fraction of sp³-hybridized carbons (Fsp3) is 0.240. The molecule has 4 rings (SSSR count). The fourth-order valence-electron chi connectivity index (χ4n) is 3.85. The standard InChI is InChI=1S/C25H24F2N2O2S/c1-16(30)28-19-6-3-17(4-7-19)15-29-12-11-24(21-9-5-18(26)13-22(21)27)32-25-14-20(31-2)8-10-23(25)29/h3-10,13-14,24H,11-12,15H2,1-2H3,(H,28,30). The van der Waals surface area contributed by atoms with Crippen molar-refractivity contribution < 1.29 is 18.3 Å². The zero-order chi connectivity index (χ0) is 22.7. The highest BCUT2D eigenvalue weighted by molar-refractivity contribution is 7.99. The highest BCUT2D eigenvalue weighted by atomic mass is 32.2. The van der Waals surface area contributed by atoms with Crippen molar-refractivity contribution in [1.82, 2.24) is 0 Å². The van der Waals surface area contributed by atoms with E-state index < -0.39 is 11.6 Å². The summed E-state index contributed by atoms with van der Waals surface area (Å²) in [5, 5.41) is 2.63. The van der Waals surface area contributed by atoms with E-state index in [1.54, 1.807) is 24.9 Å². The summed E-state index contributed by atoms with van der Waals surface area (Å²) in [4.78, 5) is 14.5. The van der Waals surface area contributed by atoms with E-state index in [-0.39, 0.29) is 11.2 Å². The molecule has 0 fully saturated rings. The quantitative estimate of drug-likeness (QED) is 0.500. The number of ether oxygens (including phenoxy) is 1. The van der Waals surface area contributed by atoms with Crippen molar-refractivity contribution in [3.8, 4) is 5.75 Å². The molecule has 0 radical (unpaired) electrons. The van der Waals surface area contributed by atoms with Crippen molar-refractivity contribution in [2.24, 2.45) is 0 Å². The molecule has 1 aliphatic heterocycles. The predicted octanol–water partition coefficient (Wildman–Crippen LogP) is 6.18. The van der Waals surface area contributed by atoms with Crippen LogP contribution in [0.1, 0.15) is 29.7 Å². The van der Waals surface area contributed by atoms with Crippen molar-refractivity contribution >= 4 is 29.0 Å². The highest BCUT2D eigenvalue weighted by Crippen LogP contribution is 2.47. The third-order valence-electron chi connectivity index (χ3n) is 5.40. The van der Waals surface area contributed by atoms with Crippen LogP contribution in [0, 0.1) is 11.6 Å². The SMILES string of the molecule is COc1ccc2c(c1)SC(c1ccc(F)cc1F)CCN2Cc1ccc(NC(C)=O)cc1. The van der Waals surface area contributed by atoms with Crippen molar-refractivity contribution in [1.29, 1.82) is 0 Å². The van der Waals surface area contributed by atoms with Gasteiger partial charge in [0.2, 0.25) is 5.91 Å². The van der Waals surface area contributed by atoms with Gasteiger partial charge < -0.3 is 15.0 Å². The first-order valence-electron chi connectivity index (χ1n) is 10.3. The second-order valence-electron chi connectivity index (χ2n) is 7.69. The summed E-state index contributed by atoms with van der Waals surface area (Å²) in [5.41, 5.74) is 3.40. The minimum atomic E-state index is -0.573. The normalized spacial score (nSPS) is 15.6. The number of nitrogens with one attached hydrogen (secondary N) is 1. The maximum absolute atomic E-state index is 14.5. The van der Waals surface area contributed by atoms with E-state index in [1.165, 1.54) is 13.0 Å². The number of thioether (sulfide) groups is 1. The topological polar surface area (TPSA) is 41.6 Å². The number of hydrogen-bond acceptors (Lipinski definition) is 4. The van der Waals surface area contributed by atoms with Gasteiger partial charge in [-0.05, 0) is 48.4 Å². The Labute approximate surface area is 190 Å². The van der Waals surface area contributed by atoms with Gasteiger partial charge in [-0.15, -0.1) is 11.8 Å². The molecular weight excluding hydrogens is 430 g/mol. The number of carbonyl (C=O) groups is 1. The van der Waals surface area contributed by atoms with Crippen molar-refractivity contribution in [3.05, 3.63) is 83.4 Å². The van der Waals surface area contributed by atoms with Crippen LogP contribution >= 0.6 is 11.8 Å². The van der Waals surface area contributed by atoms with Gasteiger partial charge in [-0.2, -0.15) is 0 Å². The Morgan fingerprint density at radius 2 is 1.91 bits per heavy atom. The average molecular weight is 455 g/mol. The molecule has 32 heavy (non-hydrogen) atoms. The lowest BCUT2D eigenvalue weighted by Crippen LogP contribution is -2.24. The van der Waals surface area contributed by atoms with Crippen LogP contribution in [0.3, 0.4) is 0 Å². The van der Waals surface area contributed by atoms with Gasteiger partial charge in [-0.3, -0.25) is 4.79 Å². The summed E-state index contributed by atoms with van der Waals surface area (Å²) in [6, 6.07) is 17.5. The molecule has 3 aromatic carbocycles. The lowest BCUT2D eigenvalue weighted by atomic mass is 10.1. The molecule has 0 bridgehead atoms. The summed E-state index contributed by atoms with van der Waals surface area (Å²) in [7, 11) is 1.62. The maximum atomic E-state index is 14.5. The molecule has 4 nitrogen and oxygen atoms in total. The van der Waals surface area contributed by atoms with Crippen molar-refractivity contribution in [2.75, 3.05) is 23.9 Å². The number of rotatable bonds is 5. The van der Waals surface area contributed by atoms with E-state index in [2.05, 4.69) is 10.2 Å². The molecule has 1 heterocycles. The second-order valence-corrected chi connectivity index (χ2v) is 8.94. The molecule has 1 amide bonds. The Morgan fingerprint density at radius 1 is 1.12 bits per heavy atom. The van der Waals surface area contributed by atoms with Gasteiger partial charge in [0, 0.05) is 47.5 Å². The minimum absolute atomic E-state index is 0.107. The van der Waals surface area contributed by atoms with E-state index in [0.717, 1.165) is 33.6 Å². The summed E-state index contributed by atoms with van der Waals surface area (Å²) >= 11 is 1.57. The molecule has 166 valence electrons. The highest BCUT2D eigenvalue weighted by Gasteiger charge is 2.26. The molecule has 0 aliphatic carbocycles. The molecule has 1 N–H and O–H groups in total. The third-order valence-corrected chi connectivity index (χ3v) is 6.75. The summed E-state index contributed by atoms with van der Waals surface area (Å²) in [5.74, 6) is -0.467. The lowest BCUT2D eigenvalue weighted by molar-refractivity contribution is -0.114. The Bertz CT molecular complexity index is 1120. The van der Waals surface area contributed by atoms with Gasteiger partial charge >= 0.3 is 0 Å². The van der Waals surface area contributed by atoms with Crippen LogP contribution < -0.4 is 15.0 Å². The predicted molar refractivity (Wildman–Crippen MR) is 124 cm³/mol. The van der Waals surface area contributed by atoms with E-state index in [4.69, 9.17) is 4.74 Å². The Kier molecular flexibility index (Phi) is 6.65. The van der Waals surface area contributed by atoms with Crippen LogP contribution in [-0.2, 0) is 11.3 Å². The van der Waals surface area contributed by atoms with Gasteiger partial charge in [0.05, 0.1) is 12.8 Å². The molecule has 0 spiro atoms. The van der Waals surface area contributed by atoms with Crippen molar-refractivity contribution in [3.63, 3.8) is 0 Å². The molecule has 3 aromatic rings. The van der Waals surface area contributed by atoms with Gasteiger partial charge in [0.1, 0.15) is 17.4 Å². The van der Waals surface area contributed by atoms with Crippen LogP contribution in [-0.4, -0.2) is 19.6 Å². The number of halogens is 2. The number of amides is 1. The summed E-state index contributed by atoms with van der Waals surface area (Å²) in [6.07, 6.45) is 0.703. The average Bonchev–Trinajstić information content (AvgIpc) is 2.93. The largest absolute Gasteiger partial charge is 0.497 e. The Balaban J connectivity index is 1.62. The molecule has 0 saturated carbocycles. The molecular formula is C25H24F2N2O2S. The molecule has 0 saturated heterocycles. The van der Waals surface area contributed by atoms with Gasteiger partial charge in [0.15, 0.2) is 0 Å². The Hall–Kier alpha value is -3.06. The van der Waals surface area contributed by atoms with Crippen molar-refractivity contribution in [2.45, 2.75) is 30.0 Å². The smallest absolute Gasteiger partial charge is 0.221 e. The number of anilines is 2. The number of methoxy groups -OCH3 is 1. The van der Waals surface area contributed by atoms with E-state index in [1.807, 2.05) is 42.5 Å². The zero-order valence-electron chi connectivity index (χ0n) is 17.9. The third kappa shape index (κ3) is 5.05. The first kappa shape index (κ1) is 22.1. The number of hydrogen-bond donors (Lipinski definition) is 1. The maximum Gasteiger partial charge on any atom is 0.221 e. The Morgan fingerprint density at radius 3 is 2.59 bits per heavy atom. The first-order valence-corrected chi connectivity index (χ1v) is 11.2. The van der Waals surface area contributed by atoms with Gasteiger partial charge in [-0.1, -0.05) is 18.2 Å². The second kappa shape index (κ2) is 9.61. The fourth-order valence-corrected chi connectivity index (χ4v) is 5.20. The number of benzene rings is 3. The van der Waals surface area contributed by atoms with E-state index in [0.29, 0.717) is 25.1 Å². The van der Waals surface area contributed by atoms with E-state index >= 15 is 0 Å². The molecule has 7 heteroatoms. The lowest BCUT2D eigenvalue weighted by Gasteiger charge is -2.25.